The molecule has 2 rings (SSSR count). The fourth-order valence-corrected chi connectivity index (χ4v) is 2.86. The van der Waals surface area contributed by atoms with Crippen LogP contribution >= 0.6 is 23.2 Å². The van der Waals surface area contributed by atoms with E-state index in [2.05, 4.69) is 6.58 Å². The average molecular weight is 364 g/mol. The van der Waals surface area contributed by atoms with Crippen LogP contribution in [0.4, 0.5) is 10.5 Å². The molecule has 0 radical (unpaired) electrons. The highest BCUT2D eigenvalue weighted by molar-refractivity contribution is 6.66. The number of carbonyl (C=O) groups is 1. The summed E-state index contributed by atoms with van der Waals surface area (Å²) in [6.45, 7) is 5.90. The second-order valence-corrected chi connectivity index (χ2v) is 6.31. The van der Waals surface area contributed by atoms with Crippen molar-refractivity contribution in [3.63, 3.8) is 0 Å². The third-order valence-electron chi connectivity index (χ3n) is 3.65. The van der Waals surface area contributed by atoms with Gasteiger partial charge in [-0.2, -0.15) is 0 Å². The minimum Gasteiger partial charge on any atom is -0.497 e. The highest BCUT2D eigenvalue weighted by Crippen LogP contribution is 2.34. The first-order valence-electron chi connectivity index (χ1n) is 7.45. The van der Waals surface area contributed by atoms with Gasteiger partial charge in [0.1, 0.15) is 5.75 Å². The number of hydrogen-bond donors (Lipinski definition) is 0. The molecule has 0 saturated heterocycles. The number of anilines is 1. The van der Waals surface area contributed by atoms with Gasteiger partial charge in [0.2, 0.25) is 0 Å². The average Bonchev–Trinajstić information content (AvgIpc) is 2.55. The molecule has 0 fully saturated rings. The topological polar surface area (TPSA) is 29.5 Å². The Bertz CT molecular complexity index is 711. The molecule has 5 heteroatoms. The van der Waals surface area contributed by atoms with Crippen molar-refractivity contribution in [1.82, 2.24) is 0 Å². The van der Waals surface area contributed by atoms with Crippen LogP contribution in [-0.4, -0.2) is 12.5 Å². The van der Waals surface area contributed by atoms with Crippen LogP contribution in [0.25, 0.3) is 0 Å². The predicted molar refractivity (Wildman–Crippen MR) is 100 cm³/mol. The molecular weight excluding hydrogens is 345 g/mol. The molecule has 0 aliphatic rings. The summed E-state index contributed by atoms with van der Waals surface area (Å²) in [5.41, 5.74) is 2.58. The van der Waals surface area contributed by atoms with Crippen molar-refractivity contribution in [2.24, 2.45) is 0 Å². The third-order valence-corrected chi connectivity index (χ3v) is 4.08. The maximum absolute atomic E-state index is 12.2. The third kappa shape index (κ3) is 4.53. The van der Waals surface area contributed by atoms with Gasteiger partial charge >= 0.3 is 5.37 Å². The first kappa shape index (κ1) is 18.4. The van der Waals surface area contributed by atoms with Crippen LogP contribution in [0.5, 0.6) is 5.75 Å². The Balaban J connectivity index is 2.46. The van der Waals surface area contributed by atoms with E-state index in [0.717, 1.165) is 11.1 Å². The monoisotopic (exact) mass is 363 g/mol. The molecule has 0 heterocycles. The van der Waals surface area contributed by atoms with Crippen molar-refractivity contribution in [3.05, 3.63) is 71.3 Å². The molecule has 0 saturated carbocycles. The standard InChI is InChI=1S/C19H19Cl2NO2/c1-13(2)12-18(14-4-6-15(20)7-5-14)22(19(21)23)16-8-10-17(24-3)11-9-16/h4-11,18H,1,12H2,2-3H3. The summed E-state index contributed by atoms with van der Waals surface area (Å²) in [6.07, 6.45) is 0.589. The van der Waals surface area contributed by atoms with Crippen molar-refractivity contribution >= 4 is 34.3 Å². The van der Waals surface area contributed by atoms with E-state index in [1.54, 1.807) is 48.4 Å². The molecule has 0 spiro atoms. The van der Waals surface area contributed by atoms with Crippen molar-refractivity contribution in [3.8, 4) is 5.75 Å². The highest BCUT2D eigenvalue weighted by atomic mass is 35.5. The van der Waals surface area contributed by atoms with E-state index in [1.165, 1.54) is 0 Å². The summed E-state index contributed by atoms with van der Waals surface area (Å²) < 4.78 is 5.17. The molecule has 1 amide bonds. The van der Waals surface area contributed by atoms with Crippen molar-refractivity contribution in [2.45, 2.75) is 19.4 Å². The van der Waals surface area contributed by atoms with Gasteiger partial charge in [-0.1, -0.05) is 29.3 Å². The Hall–Kier alpha value is -1.97. The van der Waals surface area contributed by atoms with Crippen LogP contribution in [0.3, 0.4) is 0 Å². The Morgan fingerprint density at radius 2 is 1.75 bits per heavy atom. The van der Waals surface area contributed by atoms with Crippen LogP contribution in [0, 0.1) is 0 Å². The van der Waals surface area contributed by atoms with E-state index in [1.807, 2.05) is 19.1 Å². The van der Waals surface area contributed by atoms with Gasteiger partial charge in [-0.05, 0) is 66.9 Å². The Kier molecular flexibility index (Phi) is 6.29. The van der Waals surface area contributed by atoms with Crippen molar-refractivity contribution < 1.29 is 9.53 Å². The Labute approximate surface area is 152 Å². The Morgan fingerprint density at radius 1 is 1.17 bits per heavy atom. The number of halogens is 2. The summed E-state index contributed by atoms with van der Waals surface area (Å²) >= 11 is 11.9. The normalized spacial score (nSPS) is 11.7. The smallest absolute Gasteiger partial charge is 0.321 e. The molecule has 24 heavy (non-hydrogen) atoms. The summed E-state index contributed by atoms with van der Waals surface area (Å²) in [7, 11) is 1.59. The lowest BCUT2D eigenvalue weighted by Gasteiger charge is -2.31. The van der Waals surface area contributed by atoms with Crippen LogP contribution in [0.2, 0.25) is 5.02 Å². The lowest BCUT2D eigenvalue weighted by atomic mass is 9.98. The van der Waals surface area contributed by atoms with Crippen LogP contribution in [-0.2, 0) is 0 Å². The maximum atomic E-state index is 12.2. The molecule has 2 aromatic carbocycles. The second-order valence-electron chi connectivity index (χ2n) is 5.55. The van der Waals surface area contributed by atoms with Crippen molar-refractivity contribution in [2.75, 3.05) is 12.0 Å². The second kappa shape index (κ2) is 8.22. The van der Waals surface area contributed by atoms with E-state index < -0.39 is 5.37 Å². The maximum Gasteiger partial charge on any atom is 0.321 e. The van der Waals surface area contributed by atoms with Gasteiger partial charge in [0.15, 0.2) is 0 Å². The molecule has 126 valence electrons. The minimum absolute atomic E-state index is 0.266. The minimum atomic E-state index is -0.554. The number of hydrogen-bond acceptors (Lipinski definition) is 2. The first-order valence-corrected chi connectivity index (χ1v) is 8.20. The van der Waals surface area contributed by atoms with Gasteiger partial charge in [0, 0.05) is 10.7 Å². The molecular formula is C19H19Cl2NO2. The van der Waals surface area contributed by atoms with Gasteiger partial charge < -0.3 is 4.74 Å². The molecule has 0 bridgehead atoms. The molecule has 3 nitrogen and oxygen atoms in total. The van der Waals surface area contributed by atoms with Gasteiger partial charge in [-0.3, -0.25) is 9.69 Å². The molecule has 0 aromatic heterocycles. The highest BCUT2D eigenvalue weighted by Gasteiger charge is 2.26. The molecule has 0 aliphatic heterocycles. The first-order chi connectivity index (χ1) is 11.4. The number of ether oxygens (including phenoxy) is 1. The van der Waals surface area contributed by atoms with Gasteiger partial charge in [-0.25, -0.2) is 0 Å². The van der Waals surface area contributed by atoms with E-state index in [0.29, 0.717) is 22.9 Å². The lowest BCUT2D eigenvalue weighted by molar-refractivity contribution is 0.262. The zero-order valence-corrected chi connectivity index (χ0v) is 15.1. The zero-order valence-electron chi connectivity index (χ0n) is 13.6. The predicted octanol–water partition coefficient (Wildman–Crippen LogP) is 6.22. The van der Waals surface area contributed by atoms with Crippen LogP contribution in [0.1, 0.15) is 24.9 Å². The van der Waals surface area contributed by atoms with Gasteiger partial charge in [0.25, 0.3) is 0 Å². The molecule has 0 N–H and O–H groups in total. The summed E-state index contributed by atoms with van der Waals surface area (Å²) in [5.74, 6) is 0.712. The summed E-state index contributed by atoms with van der Waals surface area (Å²) in [4.78, 5) is 13.7. The fourth-order valence-electron chi connectivity index (χ4n) is 2.52. The van der Waals surface area contributed by atoms with E-state index in [4.69, 9.17) is 27.9 Å². The molecule has 0 aliphatic carbocycles. The number of rotatable bonds is 6. The van der Waals surface area contributed by atoms with Crippen LogP contribution < -0.4 is 9.64 Å². The largest absolute Gasteiger partial charge is 0.497 e. The number of methoxy groups -OCH3 is 1. The Morgan fingerprint density at radius 3 is 2.21 bits per heavy atom. The van der Waals surface area contributed by atoms with E-state index >= 15 is 0 Å². The van der Waals surface area contributed by atoms with Gasteiger partial charge in [-0.15, -0.1) is 6.58 Å². The summed E-state index contributed by atoms with van der Waals surface area (Å²) in [5, 5.41) is 0.0855. The number of nitrogens with zero attached hydrogens (tertiary/aromatic N) is 1. The van der Waals surface area contributed by atoms with E-state index in [9.17, 15) is 4.79 Å². The molecule has 1 atom stereocenters. The number of amides is 1. The summed E-state index contributed by atoms with van der Waals surface area (Å²) in [6, 6.07) is 14.3. The van der Waals surface area contributed by atoms with Gasteiger partial charge in [0.05, 0.1) is 13.2 Å². The zero-order chi connectivity index (χ0) is 17.7. The lowest BCUT2D eigenvalue weighted by Crippen LogP contribution is -2.31. The van der Waals surface area contributed by atoms with E-state index in [-0.39, 0.29) is 6.04 Å². The number of benzene rings is 2. The fraction of sp³-hybridized carbons (Fsp3) is 0.211. The number of carbonyl (C=O) groups excluding carboxylic acids is 1. The molecule has 2 aromatic rings. The molecule has 1 unspecified atom stereocenters. The quantitative estimate of drug-likeness (QED) is 0.346. The van der Waals surface area contributed by atoms with Crippen LogP contribution in [0.15, 0.2) is 60.7 Å². The van der Waals surface area contributed by atoms with Crippen molar-refractivity contribution in [1.29, 1.82) is 0 Å². The SMILES string of the molecule is C=C(C)CC(c1ccc(Cl)cc1)N(C(=O)Cl)c1ccc(OC)cc1.